The van der Waals surface area contributed by atoms with Crippen molar-refractivity contribution in [2.45, 2.75) is 23.7 Å². The first-order valence-corrected chi connectivity index (χ1v) is 8.57. The molecule has 2 aromatic rings. The van der Waals surface area contributed by atoms with Crippen LogP contribution in [0.2, 0.25) is 0 Å². The number of urea groups is 1. The normalized spacial score (nSPS) is 12.1. The molecule has 1 atom stereocenters. The van der Waals surface area contributed by atoms with Gasteiger partial charge in [-0.1, -0.05) is 11.8 Å². The fraction of sp³-hybridized carbons (Fsp3) is 0.462. The van der Waals surface area contributed by atoms with Gasteiger partial charge in [0.25, 0.3) is 0 Å². The number of nitrogens with one attached hydrogen (secondary N) is 2. The molecule has 2 N–H and O–H groups in total. The van der Waals surface area contributed by atoms with Crippen molar-refractivity contribution in [1.29, 1.82) is 0 Å². The van der Waals surface area contributed by atoms with Gasteiger partial charge in [-0.25, -0.2) is 9.78 Å². The lowest BCUT2D eigenvalue weighted by Gasteiger charge is -2.12. The summed E-state index contributed by atoms with van der Waals surface area (Å²) in [6.07, 6.45) is 6.38. The molecule has 0 saturated heterocycles. The van der Waals surface area contributed by atoms with Crippen LogP contribution in [0.15, 0.2) is 28.3 Å². The quantitative estimate of drug-likeness (QED) is 0.606. The molecule has 0 fully saturated rings. The molecule has 0 spiro atoms. The number of carbonyl (C=O) groups is 1. The monoisotopic (exact) mass is 325 g/mol. The van der Waals surface area contributed by atoms with Crippen LogP contribution in [-0.4, -0.2) is 33.1 Å². The number of hydrogen-bond acceptors (Lipinski definition) is 5. The Morgan fingerprint density at radius 3 is 3.10 bits per heavy atom. The second-order valence-electron chi connectivity index (χ2n) is 4.57. The molecule has 0 bridgehead atoms. The molecule has 2 rings (SSSR count). The summed E-state index contributed by atoms with van der Waals surface area (Å²) >= 11 is 3.36. The summed E-state index contributed by atoms with van der Waals surface area (Å²) in [5, 5.41) is 11.8. The van der Waals surface area contributed by atoms with Crippen LogP contribution in [-0.2, 0) is 7.05 Å². The molecule has 0 aliphatic heterocycles. The van der Waals surface area contributed by atoms with Crippen molar-refractivity contribution in [2.24, 2.45) is 7.05 Å². The van der Waals surface area contributed by atoms with Gasteiger partial charge < -0.3 is 10.6 Å². The number of aryl methyl sites for hydroxylation is 1. The van der Waals surface area contributed by atoms with Crippen LogP contribution < -0.4 is 10.6 Å². The van der Waals surface area contributed by atoms with Gasteiger partial charge in [-0.05, 0) is 13.3 Å². The lowest BCUT2D eigenvalue weighted by atomic mass is 10.2. The summed E-state index contributed by atoms with van der Waals surface area (Å²) in [5.74, 6) is 0.950. The maximum Gasteiger partial charge on any atom is 0.315 e. The summed E-state index contributed by atoms with van der Waals surface area (Å²) < 4.78 is 2.80. The van der Waals surface area contributed by atoms with Gasteiger partial charge >= 0.3 is 6.03 Å². The average molecular weight is 325 g/mol. The SMILES string of the molecule is C[C@H](NC(=O)NCCCSc1nccs1)c1cnn(C)c1. The second-order valence-corrected chi connectivity index (χ2v) is 6.81. The van der Waals surface area contributed by atoms with E-state index in [0.29, 0.717) is 6.54 Å². The third-order valence-electron chi connectivity index (χ3n) is 2.81. The van der Waals surface area contributed by atoms with Gasteiger partial charge in [0.15, 0.2) is 0 Å². The van der Waals surface area contributed by atoms with Gasteiger partial charge in [0.1, 0.15) is 4.34 Å². The van der Waals surface area contributed by atoms with Gasteiger partial charge in [0.05, 0.1) is 12.2 Å². The number of nitrogens with zero attached hydrogens (tertiary/aromatic N) is 3. The number of carbonyl (C=O) groups excluding carboxylic acids is 1. The van der Waals surface area contributed by atoms with E-state index in [2.05, 4.69) is 20.7 Å². The molecule has 2 amide bonds. The maximum absolute atomic E-state index is 11.8. The molecule has 0 aliphatic carbocycles. The van der Waals surface area contributed by atoms with Gasteiger partial charge in [-0.2, -0.15) is 5.10 Å². The van der Waals surface area contributed by atoms with E-state index in [1.807, 2.05) is 25.5 Å². The van der Waals surface area contributed by atoms with Crippen molar-refractivity contribution < 1.29 is 4.79 Å². The summed E-state index contributed by atoms with van der Waals surface area (Å²) in [7, 11) is 1.86. The van der Waals surface area contributed by atoms with Crippen molar-refractivity contribution in [3.05, 3.63) is 29.5 Å². The van der Waals surface area contributed by atoms with Crippen LogP contribution in [0.25, 0.3) is 0 Å². The van der Waals surface area contributed by atoms with E-state index < -0.39 is 0 Å². The lowest BCUT2D eigenvalue weighted by molar-refractivity contribution is 0.238. The molecule has 2 aromatic heterocycles. The molecular formula is C13H19N5OS2. The summed E-state index contributed by atoms with van der Waals surface area (Å²) in [6, 6.07) is -0.200. The van der Waals surface area contributed by atoms with E-state index in [4.69, 9.17) is 0 Å². The van der Waals surface area contributed by atoms with Crippen molar-refractivity contribution >= 4 is 29.1 Å². The number of hydrogen-bond donors (Lipinski definition) is 2. The van der Waals surface area contributed by atoms with Gasteiger partial charge in [0, 0.05) is 42.7 Å². The Hall–Kier alpha value is -1.54. The van der Waals surface area contributed by atoms with Crippen molar-refractivity contribution in [3.8, 4) is 0 Å². The van der Waals surface area contributed by atoms with E-state index >= 15 is 0 Å². The highest BCUT2D eigenvalue weighted by molar-refractivity contribution is 8.00. The standard InChI is InChI=1S/C13H19N5OS2/c1-10(11-8-16-18(2)9-11)17-12(19)14-4-3-6-20-13-15-5-7-21-13/h5,7-10H,3-4,6H2,1-2H3,(H2,14,17,19)/t10-/m0/s1. The van der Waals surface area contributed by atoms with Crippen LogP contribution >= 0.6 is 23.1 Å². The van der Waals surface area contributed by atoms with Gasteiger partial charge in [0.2, 0.25) is 0 Å². The van der Waals surface area contributed by atoms with Crippen LogP contribution in [0.5, 0.6) is 0 Å². The highest BCUT2D eigenvalue weighted by atomic mass is 32.2. The first-order chi connectivity index (χ1) is 10.1. The molecule has 0 unspecified atom stereocenters. The molecule has 0 saturated carbocycles. The number of thiazole rings is 1. The van der Waals surface area contributed by atoms with Crippen LogP contribution in [0, 0.1) is 0 Å². The molecular weight excluding hydrogens is 306 g/mol. The Labute approximate surface area is 132 Å². The topological polar surface area (TPSA) is 71.8 Å². The first-order valence-electron chi connectivity index (χ1n) is 6.70. The van der Waals surface area contributed by atoms with E-state index in [0.717, 1.165) is 22.1 Å². The van der Waals surface area contributed by atoms with E-state index in [9.17, 15) is 4.79 Å². The minimum Gasteiger partial charge on any atom is -0.338 e. The highest BCUT2D eigenvalue weighted by Crippen LogP contribution is 2.20. The van der Waals surface area contributed by atoms with E-state index in [-0.39, 0.29) is 12.1 Å². The summed E-state index contributed by atoms with van der Waals surface area (Å²) in [6.45, 7) is 2.60. The van der Waals surface area contributed by atoms with Crippen molar-refractivity contribution in [1.82, 2.24) is 25.4 Å². The largest absolute Gasteiger partial charge is 0.338 e. The van der Waals surface area contributed by atoms with Crippen molar-refractivity contribution in [2.75, 3.05) is 12.3 Å². The summed E-state index contributed by atoms with van der Waals surface area (Å²) in [5.41, 5.74) is 0.993. The number of aromatic nitrogens is 3. The van der Waals surface area contributed by atoms with Crippen LogP contribution in [0.4, 0.5) is 4.79 Å². The fourth-order valence-electron chi connectivity index (χ4n) is 1.71. The molecule has 0 aromatic carbocycles. The maximum atomic E-state index is 11.8. The Balaban J connectivity index is 1.59. The Morgan fingerprint density at radius 1 is 1.57 bits per heavy atom. The zero-order chi connectivity index (χ0) is 15.1. The van der Waals surface area contributed by atoms with Gasteiger partial charge in [-0.15, -0.1) is 11.3 Å². The van der Waals surface area contributed by atoms with E-state index in [1.54, 1.807) is 40.2 Å². The lowest BCUT2D eigenvalue weighted by Crippen LogP contribution is -2.37. The Morgan fingerprint density at radius 2 is 2.43 bits per heavy atom. The third kappa shape index (κ3) is 5.39. The predicted octanol–water partition coefficient (Wildman–Crippen LogP) is 2.42. The number of rotatable bonds is 7. The number of thioether (sulfide) groups is 1. The molecule has 6 nitrogen and oxygen atoms in total. The zero-order valence-electron chi connectivity index (χ0n) is 12.1. The molecule has 114 valence electrons. The molecule has 0 aliphatic rings. The van der Waals surface area contributed by atoms with Crippen LogP contribution in [0.3, 0.4) is 0 Å². The Kier molecular flexibility index (Phi) is 6.06. The second kappa shape index (κ2) is 8.04. The van der Waals surface area contributed by atoms with Crippen molar-refractivity contribution in [3.63, 3.8) is 0 Å². The van der Waals surface area contributed by atoms with Gasteiger partial charge in [-0.3, -0.25) is 4.68 Å². The zero-order valence-corrected chi connectivity index (χ0v) is 13.7. The fourth-order valence-corrected chi connectivity index (χ4v) is 3.36. The minimum atomic E-state index is -0.148. The highest BCUT2D eigenvalue weighted by Gasteiger charge is 2.10. The summed E-state index contributed by atoms with van der Waals surface area (Å²) in [4.78, 5) is 16.0. The number of amides is 2. The average Bonchev–Trinajstić information content (AvgIpc) is 3.09. The minimum absolute atomic E-state index is 0.0524. The third-order valence-corrected chi connectivity index (χ3v) is 4.87. The smallest absolute Gasteiger partial charge is 0.315 e. The predicted molar refractivity (Wildman–Crippen MR) is 85.6 cm³/mol. The molecule has 21 heavy (non-hydrogen) atoms. The van der Waals surface area contributed by atoms with Crippen LogP contribution in [0.1, 0.15) is 24.9 Å². The molecule has 0 radical (unpaired) electrons. The van der Waals surface area contributed by atoms with E-state index in [1.165, 1.54) is 0 Å². The Bertz CT molecular complexity index is 555. The molecule has 8 heteroatoms. The molecule has 2 heterocycles. The first kappa shape index (κ1) is 15.8.